The average Bonchev–Trinajstić information content (AvgIpc) is 2.87. The van der Waals surface area contributed by atoms with Crippen LogP contribution in [0.5, 0.6) is 11.5 Å². The minimum Gasteiger partial charge on any atom is -0.507 e. The summed E-state index contributed by atoms with van der Waals surface area (Å²) in [5, 5.41) is 30.7. The Morgan fingerprint density at radius 2 is 1.07 bits per heavy atom. The van der Waals surface area contributed by atoms with Gasteiger partial charge in [-0.1, -0.05) is 35.4 Å². The van der Waals surface area contributed by atoms with Gasteiger partial charge in [0.25, 0.3) is 0 Å². The van der Waals surface area contributed by atoms with E-state index in [0.717, 1.165) is 67.9 Å². The van der Waals surface area contributed by atoms with Crippen molar-refractivity contribution < 1.29 is 38.9 Å². The van der Waals surface area contributed by atoms with Gasteiger partial charge in [-0.25, -0.2) is 0 Å². The van der Waals surface area contributed by atoms with Crippen LogP contribution in [0.15, 0.2) is 24.3 Å². The summed E-state index contributed by atoms with van der Waals surface area (Å²) in [7, 11) is -8.37. The first-order valence-electron chi connectivity index (χ1n) is 14.0. The van der Waals surface area contributed by atoms with Gasteiger partial charge in [0.05, 0.1) is 12.6 Å². The number of benzene rings is 2. The molecule has 1 aliphatic rings. The maximum atomic E-state index is 11.2. The summed E-state index contributed by atoms with van der Waals surface area (Å²) >= 11 is 0. The van der Waals surface area contributed by atoms with E-state index in [2.05, 4.69) is 25.8 Å². The van der Waals surface area contributed by atoms with Crippen molar-refractivity contribution in [3.8, 4) is 11.5 Å². The van der Waals surface area contributed by atoms with Crippen molar-refractivity contribution in [3.63, 3.8) is 0 Å². The molecule has 15 heteroatoms. The Morgan fingerprint density at radius 3 is 1.45 bits per heavy atom. The quantitative estimate of drug-likeness (QED) is 0.153. The number of hydrogen-bond donors (Lipinski definition) is 9. The van der Waals surface area contributed by atoms with Gasteiger partial charge in [-0.3, -0.25) is 18.9 Å². The first kappa shape index (κ1) is 34.6. The predicted molar refractivity (Wildman–Crippen MR) is 161 cm³/mol. The molecule has 0 atom stereocenters. The molecule has 3 rings (SSSR count). The highest BCUT2D eigenvalue weighted by Gasteiger charge is 2.19. The van der Waals surface area contributed by atoms with Crippen LogP contribution in [-0.2, 0) is 35.3 Å². The second-order valence-electron chi connectivity index (χ2n) is 11.0. The lowest BCUT2D eigenvalue weighted by atomic mass is 10.0. The van der Waals surface area contributed by atoms with Gasteiger partial charge in [0.1, 0.15) is 11.5 Å². The van der Waals surface area contributed by atoms with E-state index < -0.39 is 27.8 Å². The number of nitrogens with zero attached hydrogens (tertiary/aromatic N) is 2. The molecular formula is C27H45N5O8P2. The summed E-state index contributed by atoms with van der Waals surface area (Å²) in [6.07, 6.45) is -0.0508. The average molecular weight is 630 g/mol. The second kappa shape index (κ2) is 15.7. The molecule has 2 aromatic rings. The minimum absolute atomic E-state index is 0.131. The molecule has 9 N–H and O–H groups in total. The highest BCUT2D eigenvalue weighted by Crippen LogP contribution is 2.34. The molecule has 0 amide bonds. The largest absolute Gasteiger partial charge is 0.507 e. The molecule has 0 radical (unpaired) electrons. The zero-order valence-corrected chi connectivity index (χ0v) is 26.1. The zero-order chi connectivity index (χ0) is 30.9. The molecular weight excluding hydrogens is 584 g/mol. The lowest BCUT2D eigenvalue weighted by Gasteiger charge is -2.29. The van der Waals surface area contributed by atoms with E-state index in [1.807, 2.05) is 38.1 Å². The molecule has 1 fully saturated rings. The van der Waals surface area contributed by atoms with Crippen LogP contribution in [0, 0.1) is 13.8 Å². The summed E-state index contributed by atoms with van der Waals surface area (Å²) in [6.45, 7) is 9.91. The molecule has 0 unspecified atom stereocenters. The topological polar surface area (TPSA) is 198 Å². The third-order valence-electron chi connectivity index (χ3n) is 7.04. The van der Waals surface area contributed by atoms with Crippen molar-refractivity contribution in [1.82, 2.24) is 25.8 Å². The van der Waals surface area contributed by atoms with E-state index >= 15 is 0 Å². The van der Waals surface area contributed by atoms with Gasteiger partial charge in [-0.2, -0.15) is 0 Å². The van der Waals surface area contributed by atoms with Crippen LogP contribution in [0.4, 0.5) is 0 Å². The summed E-state index contributed by atoms with van der Waals surface area (Å²) < 4.78 is 22.3. The fourth-order valence-corrected chi connectivity index (χ4v) is 6.00. The van der Waals surface area contributed by atoms with Crippen LogP contribution in [0.2, 0.25) is 0 Å². The third kappa shape index (κ3) is 12.0. The number of rotatable bonds is 12. The Labute approximate surface area is 247 Å². The number of aryl methyl sites for hydroxylation is 2. The van der Waals surface area contributed by atoms with Gasteiger partial charge in [-0.05, 0) is 33.4 Å². The van der Waals surface area contributed by atoms with E-state index in [0.29, 0.717) is 24.2 Å². The molecule has 236 valence electrons. The standard InChI is InChI=1S/C27H45N5O8P2/c1-20-10-22(14-29-18-41(35,36)37)26(33)24(12-20)16-31-6-3-7-32(9-5-28-4-8-31)17-25-13-21(2)11-23(27(25)34)15-30-19-42(38,39)40/h10-13,28-30,33-34H,3-9,14-19H2,1-2H3,(H2,35,36,37)(H2,38,39,40). The highest BCUT2D eigenvalue weighted by atomic mass is 31.2. The Morgan fingerprint density at radius 1 is 0.690 bits per heavy atom. The number of hydrogen-bond acceptors (Lipinski definition) is 9. The Hall–Kier alpha value is -1.86. The van der Waals surface area contributed by atoms with Crippen molar-refractivity contribution in [1.29, 1.82) is 0 Å². The van der Waals surface area contributed by atoms with Crippen LogP contribution in [0.25, 0.3) is 0 Å². The SMILES string of the molecule is Cc1cc(CNCP(=O)(O)O)c(O)c(CN2CCCN(Cc3cc(C)cc(CNCP(=O)(O)O)c3O)CCNCC2)c1. The molecule has 13 nitrogen and oxygen atoms in total. The van der Waals surface area contributed by atoms with Crippen LogP contribution in [0.1, 0.15) is 39.8 Å². The van der Waals surface area contributed by atoms with Crippen molar-refractivity contribution in [2.75, 3.05) is 51.8 Å². The fourth-order valence-electron chi connectivity index (χ4n) is 5.19. The van der Waals surface area contributed by atoms with Crippen molar-refractivity contribution >= 4 is 15.2 Å². The number of phenolic OH excluding ortho intramolecular Hbond substituents is 2. The summed E-state index contributed by atoms with van der Waals surface area (Å²) in [6, 6.07) is 7.50. The first-order chi connectivity index (χ1) is 19.7. The summed E-state index contributed by atoms with van der Waals surface area (Å²) in [5.41, 5.74) is 4.63. The molecule has 0 bridgehead atoms. The number of nitrogens with one attached hydrogen (secondary N) is 3. The van der Waals surface area contributed by atoms with Crippen molar-refractivity contribution in [3.05, 3.63) is 57.6 Å². The predicted octanol–water partition coefficient (Wildman–Crippen LogP) is 1.46. The van der Waals surface area contributed by atoms with Gasteiger partial charge in [0.15, 0.2) is 0 Å². The van der Waals surface area contributed by atoms with Gasteiger partial charge in [-0.15, -0.1) is 0 Å². The molecule has 1 aliphatic heterocycles. The zero-order valence-electron chi connectivity index (χ0n) is 24.3. The molecule has 1 heterocycles. The smallest absolute Gasteiger partial charge is 0.339 e. The van der Waals surface area contributed by atoms with Crippen LogP contribution < -0.4 is 16.0 Å². The Kier molecular flexibility index (Phi) is 13.0. The molecule has 0 aromatic heterocycles. The van der Waals surface area contributed by atoms with E-state index in [-0.39, 0.29) is 24.6 Å². The minimum atomic E-state index is -4.19. The first-order valence-corrected chi connectivity index (χ1v) is 17.6. The number of phenols is 2. The second-order valence-corrected chi connectivity index (χ2v) is 14.3. The highest BCUT2D eigenvalue weighted by molar-refractivity contribution is 7.51. The van der Waals surface area contributed by atoms with Gasteiger partial charge in [0.2, 0.25) is 0 Å². The lowest BCUT2D eigenvalue weighted by Crippen LogP contribution is -2.40. The maximum absolute atomic E-state index is 11.2. The van der Waals surface area contributed by atoms with E-state index in [1.54, 1.807) is 0 Å². The van der Waals surface area contributed by atoms with Crippen LogP contribution >= 0.6 is 15.2 Å². The molecule has 0 aliphatic carbocycles. The van der Waals surface area contributed by atoms with Crippen molar-refractivity contribution in [2.45, 2.75) is 46.4 Å². The van der Waals surface area contributed by atoms with Crippen LogP contribution in [0.3, 0.4) is 0 Å². The normalized spacial score (nSPS) is 16.5. The number of aromatic hydroxyl groups is 2. The van der Waals surface area contributed by atoms with E-state index in [9.17, 15) is 19.3 Å². The Balaban J connectivity index is 1.63. The monoisotopic (exact) mass is 629 g/mol. The Bertz CT molecular complexity index is 1190. The summed E-state index contributed by atoms with van der Waals surface area (Å²) in [4.78, 5) is 41.0. The van der Waals surface area contributed by atoms with Crippen LogP contribution in [-0.4, -0.2) is 91.4 Å². The molecule has 1 saturated heterocycles. The van der Waals surface area contributed by atoms with E-state index in [1.165, 1.54) is 0 Å². The third-order valence-corrected chi connectivity index (χ3v) is 8.31. The molecule has 2 aromatic carbocycles. The van der Waals surface area contributed by atoms with Gasteiger partial charge in [0, 0.05) is 74.6 Å². The van der Waals surface area contributed by atoms with E-state index in [4.69, 9.17) is 19.6 Å². The molecule has 0 spiro atoms. The molecule has 42 heavy (non-hydrogen) atoms. The van der Waals surface area contributed by atoms with Gasteiger partial charge < -0.3 is 45.7 Å². The van der Waals surface area contributed by atoms with Gasteiger partial charge >= 0.3 is 15.2 Å². The molecule has 0 saturated carbocycles. The lowest BCUT2D eigenvalue weighted by molar-refractivity contribution is 0.200. The summed E-state index contributed by atoms with van der Waals surface area (Å²) in [5.74, 6) is 0.262. The van der Waals surface area contributed by atoms with Crippen molar-refractivity contribution in [2.24, 2.45) is 0 Å². The maximum Gasteiger partial charge on any atom is 0.339 e. The fraction of sp³-hybridized carbons (Fsp3) is 0.556.